The average molecular weight is 585 g/mol. The number of furan rings is 2. The molecule has 0 unspecified atom stereocenters. The van der Waals surface area contributed by atoms with Gasteiger partial charge in [0.25, 0.3) is 11.8 Å². The molecular formula is C31H25ClN4O4S. The summed E-state index contributed by atoms with van der Waals surface area (Å²) >= 11 is 11.3. The average Bonchev–Trinajstić information content (AvgIpc) is 3.66. The summed E-state index contributed by atoms with van der Waals surface area (Å²) < 4.78 is 11.4. The molecule has 3 aromatic carbocycles. The number of piperazine rings is 1. The van der Waals surface area contributed by atoms with E-state index in [4.69, 9.17) is 32.7 Å². The number of fused-ring (bicyclic) bond motifs is 1. The van der Waals surface area contributed by atoms with Crippen LogP contribution in [-0.4, -0.2) is 48.0 Å². The van der Waals surface area contributed by atoms with Crippen LogP contribution in [0, 0.1) is 0 Å². The van der Waals surface area contributed by atoms with Crippen molar-refractivity contribution in [3.8, 4) is 11.3 Å². The quantitative estimate of drug-likeness (QED) is 0.230. The Hall–Kier alpha value is -4.60. The molecule has 0 bridgehead atoms. The molecule has 6 rings (SSSR count). The smallest absolute Gasteiger partial charge is 0.293 e. The van der Waals surface area contributed by atoms with E-state index in [1.165, 1.54) is 0 Å². The number of anilines is 2. The molecule has 41 heavy (non-hydrogen) atoms. The lowest BCUT2D eigenvalue weighted by molar-refractivity contribution is 0.0717. The first-order valence-electron chi connectivity index (χ1n) is 13.0. The van der Waals surface area contributed by atoms with E-state index in [2.05, 4.69) is 15.5 Å². The predicted molar refractivity (Wildman–Crippen MR) is 164 cm³/mol. The van der Waals surface area contributed by atoms with Gasteiger partial charge in [0.1, 0.15) is 11.3 Å². The number of rotatable bonds is 5. The predicted octanol–water partition coefficient (Wildman–Crippen LogP) is 6.44. The summed E-state index contributed by atoms with van der Waals surface area (Å²) in [6, 6.07) is 27.6. The second-order valence-electron chi connectivity index (χ2n) is 9.55. The summed E-state index contributed by atoms with van der Waals surface area (Å²) in [6.45, 7) is 2.60. The van der Waals surface area contributed by atoms with Crippen molar-refractivity contribution in [2.24, 2.45) is 0 Å². The van der Waals surface area contributed by atoms with Crippen LogP contribution in [0.15, 0.2) is 99.8 Å². The summed E-state index contributed by atoms with van der Waals surface area (Å²) in [5.41, 5.74) is 3.30. The highest BCUT2D eigenvalue weighted by Crippen LogP contribution is 2.25. The maximum atomic E-state index is 13.0. The van der Waals surface area contributed by atoms with E-state index in [0.717, 1.165) is 22.3 Å². The molecule has 1 aliphatic rings. The lowest BCUT2D eigenvalue weighted by atomic mass is 10.2. The SMILES string of the molecule is O=C(NC(=S)Nc1ccc(N2CCN(C(=O)c3cc4ccccc4o3)CC2)cc1)c1ccc(-c2ccc(Cl)cc2)o1. The van der Waals surface area contributed by atoms with E-state index < -0.39 is 5.91 Å². The number of para-hydroxylation sites is 1. The molecule has 0 aliphatic carbocycles. The lowest BCUT2D eigenvalue weighted by Crippen LogP contribution is -2.48. The number of nitrogens with one attached hydrogen (secondary N) is 2. The van der Waals surface area contributed by atoms with E-state index in [1.54, 1.807) is 30.3 Å². The topological polar surface area (TPSA) is 91.0 Å². The first-order valence-corrected chi connectivity index (χ1v) is 13.8. The summed E-state index contributed by atoms with van der Waals surface area (Å²) in [6.07, 6.45) is 0. The number of carbonyl (C=O) groups is 2. The Morgan fingerprint density at radius 3 is 2.27 bits per heavy atom. The highest BCUT2D eigenvalue weighted by Gasteiger charge is 2.25. The third-order valence-corrected chi connectivity index (χ3v) is 7.34. The Balaban J connectivity index is 0.998. The summed E-state index contributed by atoms with van der Waals surface area (Å²) in [7, 11) is 0. The van der Waals surface area contributed by atoms with E-state index in [9.17, 15) is 9.59 Å². The van der Waals surface area contributed by atoms with Crippen molar-refractivity contribution in [3.63, 3.8) is 0 Å². The van der Waals surface area contributed by atoms with Crippen LogP contribution in [0.2, 0.25) is 5.02 Å². The zero-order chi connectivity index (χ0) is 28.3. The standard InChI is InChI=1S/C31H25ClN4O4S/c32-22-7-5-20(6-8-22)26-13-14-27(39-26)29(37)34-31(41)33-23-9-11-24(12-10-23)35-15-17-36(18-16-35)30(38)28-19-21-3-1-2-4-25(21)40-28/h1-14,19H,15-18H2,(H2,33,34,37,41). The van der Waals surface area contributed by atoms with E-state index in [1.807, 2.05) is 65.6 Å². The molecule has 2 aromatic heterocycles. The molecule has 0 radical (unpaired) electrons. The molecular weight excluding hydrogens is 560 g/mol. The maximum absolute atomic E-state index is 13.0. The molecule has 1 saturated heterocycles. The van der Waals surface area contributed by atoms with Gasteiger partial charge in [0.2, 0.25) is 0 Å². The number of amides is 2. The number of hydrogen-bond donors (Lipinski definition) is 2. The van der Waals surface area contributed by atoms with Crippen molar-refractivity contribution in [3.05, 3.63) is 108 Å². The van der Waals surface area contributed by atoms with Crippen LogP contribution in [-0.2, 0) is 0 Å². The van der Waals surface area contributed by atoms with Gasteiger partial charge >= 0.3 is 0 Å². The van der Waals surface area contributed by atoms with Crippen LogP contribution < -0.4 is 15.5 Å². The van der Waals surface area contributed by atoms with Crippen LogP contribution in [0.1, 0.15) is 21.1 Å². The van der Waals surface area contributed by atoms with Gasteiger partial charge in [-0.2, -0.15) is 0 Å². The molecule has 1 fully saturated rings. The molecule has 8 nitrogen and oxygen atoms in total. The third-order valence-electron chi connectivity index (χ3n) is 6.88. The van der Waals surface area contributed by atoms with Crippen LogP contribution in [0.5, 0.6) is 0 Å². The van der Waals surface area contributed by atoms with Gasteiger partial charge in [-0.1, -0.05) is 29.8 Å². The number of benzene rings is 3. The fourth-order valence-electron chi connectivity index (χ4n) is 4.72. The largest absolute Gasteiger partial charge is 0.451 e. The van der Waals surface area contributed by atoms with Gasteiger partial charge in [-0.3, -0.25) is 14.9 Å². The van der Waals surface area contributed by atoms with Crippen molar-refractivity contribution in [1.29, 1.82) is 0 Å². The van der Waals surface area contributed by atoms with Gasteiger partial charge in [0.05, 0.1) is 0 Å². The van der Waals surface area contributed by atoms with Crippen LogP contribution in [0.25, 0.3) is 22.3 Å². The van der Waals surface area contributed by atoms with E-state index in [-0.39, 0.29) is 16.8 Å². The lowest BCUT2D eigenvalue weighted by Gasteiger charge is -2.35. The molecule has 0 spiro atoms. The second kappa shape index (κ2) is 11.5. The fourth-order valence-corrected chi connectivity index (χ4v) is 5.06. The van der Waals surface area contributed by atoms with Crippen LogP contribution >= 0.6 is 23.8 Å². The number of hydrogen-bond acceptors (Lipinski definition) is 6. The number of carbonyl (C=O) groups excluding carboxylic acids is 2. The normalized spacial score (nSPS) is 13.3. The second-order valence-corrected chi connectivity index (χ2v) is 10.4. The molecule has 0 saturated carbocycles. The van der Waals surface area contributed by atoms with Gasteiger partial charge in [-0.15, -0.1) is 0 Å². The highest BCUT2D eigenvalue weighted by atomic mass is 35.5. The van der Waals surface area contributed by atoms with Gasteiger partial charge in [0.15, 0.2) is 16.6 Å². The van der Waals surface area contributed by atoms with E-state index in [0.29, 0.717) is 48.3 Å². The van der Waals surface area contributed by atoms with Crippen LogP contribution in [0.3, 0.4) is 0 Å². The zero-order valence-corrected chi connectivity index (χ0v) is 23.4. The third kappa shape index (κ3) is 5.96. The molecule has 3 heterocycles. The summed E-state index contributed by atoms with van der Waals surface area (Å²) in [4.78, 5) is 29.6. The zero-order valence-electron chi connectivity index (χ0n) is 21.8. The Labute approximate surface area is 246 Å². The minimum Gasteiger partial charge on any atom is -0.451 e. The Bertz CT molecular complexity index is 1690. The Kier molecular flexibility index (Phi) is 7.45. The minimum atomic E-state index is -0.450. The monoisotopic (exact) mass is 584 g/mol. The first-order chi connectivity index (χ1) is 19.9. The number of nitrogens with zero attached hydrogens (tertiary/aromatic N) is 2. The molecule has 10 heteroatoms. The number of thiocarbonyl (C=S) groups is 1. The van der Waals surface area contributed by atoms with Crippen molar-refractivity contribution >= 4 is 63.1 Å². The maximum Gasteiger partial charge on any atom is 0.293 e. The van der Waals surface area contributed by atoms with Crippen molar-refractivity contribution < 1.29 is 18.4 Å². The fraction of sp³-hybridized carbons (Fsp3) is 0.129. The first kappa shape index (κ1) is 26.6. The summed E-state index contributed by atoms with van der Waals surface area (Å²) in [5, 5.41) is 7.38. The van der Waals surface area contributed by atoms with E-state index >= 15 is 0 Å². The molecule has 5 aromatic rings. The van der Waals surface area contributed by atoms with Gasteiger partial charge in [-0.05, 0) is 85.0 Å². The minimum absolute atomic E-state index is 0.0910. The van der Waals surface area contributed by atoms with Crippen molar-refractivity contribution in [1.82, 2.24) is 10.2 Å². The molecule has 206 valence electrons. The number of halogens is 1. The van der Waals surface area contributed by atoms with Gasteiger partial charge < -0.3 is 24.0 Å². The van der Waals surface area contributed by atoms with Gasteiger partial charge in [0, 0.05) is 53.5 Å². The highest BCUT2D eigenvalue weighted by molar-refractivity contribution is 7.80. The molecule has 2 N–H and O–H groups in total. The molecule has 0 atom stereocenters. The van der Waals surface area contributed by atoms with Crippen molar-refractivity contribution in [2.75, 3.05) is 36.4 Å². The van der Waals surface area contributed by atoms with Crippen molar-refractivity contribution in [2.45, 2.75) is 0 Å². The summed E-state index contributed by atoms with van der Waals surface area (Å²) in [5.74, 6) is 0.529. The molecule has 2 amide bonds. The Morgan fingerprint density at radius 2 is 1.54 bits per heavy atom. The van der Waals surface area contributed by atoms with Gasteiger partial charge in [-0.25, -0.2) is 0 Å². The Morgan fingerprint density at radius 1 is 0.805 bits per heavy atom. The molecule has 1 aliphatic heterocycles. The van der Waals surface area contributed by atoms with Crippen LogP contribution in [0.4, 0.5) is 11.4 Å².